The molecule has 0 spiro atoms. The van der Waals surface area contributed by atoms with Crippen LogP contribution in [0.2, 0.25) is 0 Å². The zero-order chi connectivity index (χ0) is 17.5. The first kappa shape index (κ1) is 19.1. The molecule has 0 aliphatic carbocycles. The van der Waals surface area contributed by atoms with Crippen molar-refractivity contribution in [2.75, 3.05) is 26.7 Å². The minimum Gasteiger partial charge on any atom is -0.493 e. The van der Waals surface area contributed by atoms with Crippen molar-refractivity contribution in [3.63, 3.8) is 0 Å². The Hall–Kier alpha value is -1.27. The van der Waals surface area contributed by atoms with Crippen LogP contribution < -0.4 is 14.8 Å². The van der Waals surface area contributed by atoms with Crippen molar-refractivity contribution in [1.29, 1.82) is 0 Å². The molecule has 1 aliphatic rings. The second kappa shape index (κ2) is 9.28. The molecule has 0 unspecified atom stereocenters. The number of nitrogens with zero attached hydrogens (tertiary/aromatic N) is 1. The Morgan fingerprint density at radius 2 is 2.12 bits per heavy atom. The number of carbonyl (C=O) groups excluding carboxylic acids is 1. The van der Waals surface area contributed by atoms with Gasteiger partial charge in [-0.15, -0.1) is 0 Å². The third-order valence-corrected chi connectivity index (χ3v) is 4.70. The lowest BCUT2D eigenvalue weighted by Gasteiger charge is -2.17. The molecule has 0 saturated carbocycles. The van der Waals surface area contributed by atoms with Crippen LogP contribution in [0.15, 0.2) is 16.6 Å². The monoisotopic (exact) mass is 398 g/mol. The first-order chi connectivity index (χ1) is 11.5. The van der Waals surface area contributed by atoms with Crippen molar-refractivity contribution in [3.05, 3.63) is 22.2 Å². The molecular formula is C18H27BrN2O3. The van der Waals surface area contributed by atoms with E-state index in [4.69, 9.17) is 9.47 Å². The van der Waals surface area contributed by atoms with Gasteiger partial charge in [-0.25, -0.2) is 0 Å². The van der Waals surface area contributed by atoms with Crippen molar-refractivity contribution >= 4 is 21.8 Å². The second-order valence-electron chi connectivity index (χ2n) is 6.28. The molecule has 6 heteroatoms. The maximum atomic E-state index is 11.6. The van der Waals surface area contributed by atoms with E-state index in [1.165, 1.54) is 0 Å². The molecule has 1 heterocycles. The van der Waals surface area contributed by atoms with Gasteiger partial charge in [0.25, 0.3) is 0 Å². The van der Waals surface area contributed by atoms with E-state index >= 15 is 0 Å². The van der Waals surface area contributed by atoms with E-state index in [9.17, 15) is 4.79 Å². The summed E-state index contributed by atoms with van der Waals surface area (Å²) in [6, 6.07) is 3.96. The van der Waals surface area contributed by atoms with Gasteiger partial charge in [0.05, 0.1) is 13.2 Å². The highest BCUT2D eigenvalue weighted by molar-refractivity contribution is 9.10. The summed E-state index contributed by atoms with van der Waals surface area (Å²) in [6.07, 6.45) is 2.78. The molecule has 1 amide bonds. The van der Waals surface area contributed by atoms with Crippen LogP contribution in [-0.2, 0) is 11.3 Å². The fourth-order valence-electron chi connectivity index (χ4n) is 2.78. The number of carbonyl (C=O) groups is 1. The van der Waals surface area contributed by atoms with Crippen LogP contribution in [0.3, 0.4) is 0 Å². The van der Waals surface area contributed by atoms with Gasteiger partial charge in [-0.05, 0) is 50.9 Å². The molecular weight excluding hydrogens is 372 g/mol. The van der Waals surface area contributed by atoms with Gasteiger partial charge < -0.3 is 19.7 Å². The average molecular weight is 399 g/mol. The van der Waals surface area contributed by atoms with Gasteiger partial charge in [0.1, 0.15) is 0 Å². The minimum absolute atomic E-state index is 0.100. The van der Waals surface area contributed by atoms with Crippen molar-refractivity contribution in [2.24, 2.45) is 0 Å². The third kappa shape index (κ3) is 5.38. The highest BCUT2D eigenvalue weighted by atomic mass is 79.9. The predicted octanol–water partition coefficient (Wildman–Crippen LogP) is 3.35. The Balaban J connectivity index is 1.82. The maximum absolute atomic E-state index is 11.6. The Bertz CT molecular complexity index is 563. The van der Waals surface area contributed by atoms with Crippen LogP contribution in [0.25, 0.3) is 0 Å². The zero-order valence-electron chi connectivity index (χ0n) is 14.7. The smallest absolute Gasteiger partial charge is 0.222 e. The lowest BCUT2D eigenvalue weighted by atomic mass is 10.2. The number of methoxy groups -OCH3 is 1. The fourth-order valence-corrected chi connectivity index (χ4v) is 3.24. The summed E-state index contributed by atoms with van der Waals surface area (Å²) >= 11 is 3.60. The highest BCUT2D eigenvalue weighted by Gasteiger charge is 2.18. The highest BCUT2D eigenvalue weighted by Crippen LogP contribution is 2.34. The summed E-state index contributed by atoms with van der Waals surface area (Å²) in [4.78, 5) is 13.5. The molecule has 5 nitrogen and oxygen atoms in total. The minimum atomic E-state index is 0.100. The summed E-state index contributed by atoms with van der Waals surface area (Å²) in [7, 11) is 1.65. The van der Waals surface area contributed by atoms with E-state index in [2.05, 4.69) is 21.2 Å². The molecule has 0 radical (unpaired) electrons. The van der Waals surface area contributed by atoms with Crippen LogP contribution >= 0.6 is 15.9 Å². The van der Waals surface area contributed by atoms with Gasteiger partial charge >= 0.3 is 0 Å². The lowest BCUT2D eigenvalue weighted by molar-refractivity contribution is -0.127. The molecule has 1 aliphatic heterocycles. The largest absolute Gasteiger partial charge is 0.493 e. The summed E-state index contributed by atoms with van der Waals surface area (Å²) in [6.45, 7) is 7.37. The number of hydrogen-bond donors (Lipinski definition) is 1. The fraction of sp³-hybridized carbons (Fsp3) is 0.611. The molecule has 1 fully saturated rings. The SMILES string of the molecule is COc1cc(CNCCCN2CCCC2=O)c(Br)cc1OC(C)C. The van der Waals surface area contributed by atoms with Crippen LogP contribution in [0.4, 0.5) is 0 Å². The number of amides is 1. The van der Waals surface area contributed by atoms with Crippen molar-refractivity contribution < 1.29 is 14.3 Å². The Morgan fingerprint density at radius 1 is 1.33 bits per heavy atom. The molecule has 0 atom stereocenters. The molecule has 0 bridgehead atoms. The maximum Gasteiger partial charge on any atom is 0.222 e. The summed E-state index contributed by atoms with van der Waals surface area (Å²) in [5.41, 5.74) is 1.13. The number of likely N-dealkylation sites (tertiary alicyclic amines) is 1. The first-order valence-electron chi connectivity index (χ1n) is 8.52. The van der Waals surface area contributed by atoms with Gasteiger partial charge in [-0.2, -0.15) is 0 Å². The van der Waals surface area contributed by atoms with Crippen molar-refractivity contribution in [2.45, 2.75) is 45.8 Å². The molecule has 2 rings (SSSR count). The first-order valence-corrected chi connectivity index (χ1v) is 9.32. The van der Waals surface area contributed by atoms with Crippen molar-refractivity contribution in [3.8, 4) is 11.5 Å². The quantitative estimate of drug-likeness (QED) is 0.648. The van der Waals surface area contributed by atoms with E-state index < -0.39 is 0 Å². The molecule has 1 aromatic carbocycles. The lowest BCUT2D eigenvalue weighted by Crippen LogP contribution is -2.28. The summed E-state index contributed by atoms with van der Waals surface area (Å²) in [5.74, 6) is 1.78. The summed E-state index contributed by atoms with van der Waals surface area (Å²) < 4.78 is 12.2. The number of nitrogens with one attached hydrogen (secondary N) is 1. The van der Waals surface area contributed by atoms with Crippen LogP contribution in [0.1, 0.15) is 38.7 Å². The number of hydrogen-bond acceptors (Lipinski definition) is 4. The van der Waals surface area contributed by atoms with E-state index in [-0.39, 0.29) is 6.10 Å². The third-order valence-electron chi connectivity index (χ3n) is 3.96. The molecule has 24 heavy (non-hydrogen) atoms. The van der Waals surface area contributed by atoms with Gasteiger partial charge in [-0.3, -0.25) is 4.79 Å². The molecule has 1 saturated heterocycles. The van der Waals surface area contributed by atoms with E-state index in [1.54, 1.807) is 7.11 Å². The second-order valence-corrected chi connectivity index (χ2v) is 7.13. The molecule has 1 aromatic rings. The standard InChI is InChI=1S/C18H27BrN2O3/c1-13(2)24-17-11-15(19)14(10-16(17)23-3)12-20-7-5-9-21-8-4-6-18(21)22/h10-11,13,20H,4-9,12H2,1-3H3. The summed E-state index contributed by atoms with van der Waals surface area (Å²) in [5, 5.41) is 3.43. The van der Waals surface area contributed by atoms with Gasteiger partial charge in [-0.1, -0.05) is 15.9 Å². The topological polar surface area (TPSA) is 50.8 Å². The Morgan fingerprint density at radius 3 is 2.75 bits per heavy atom. The Labute approximate surface area is 152 Å². The van der Waals surface area contributed by atoms with Crippen LogP contribution in [0, 0.1) is 0 Å². The number of rotatable bonds is 9. The zero-order valence-corrected chi connectivity index (χ0v) is 16.3. The predicted molar refractivity (Wildman–Crippen MR) is 98.6 cm³/mol. The van der Waals surface area contributed by atoms with Gasteiger partial charge in [0.15, 0.2) is 11.5 Å². The van der Waals surface area contributed by atoms with E-state index in [0.717, 1.165) is 60.6 Å². The Kier molecular flexibility index (Phi) is 7.37. The number of ether oxygens (including phenoxy) is 2. The van der Waals surface area contributed by atoms with Crippen molar-refractivity contribution in [1.82, 2.24) is 10.2 Å². The normalized spacial score (nSPS) is 14.5. The van der Waals surface area contributed by atoms with E-state index in [1.807, 2.05) is 30.9 Å². The van der Waals surface area contributed by atoms with Crippen LogP contribution in [0.5, 0.6) is 11.5 Å². The van der Waals surface area contributed by atoms with Crippen LogP contribution in [-0.4, -0.2) is 43.7 Å². The van der Waals surface area contributed by atoms with Gasteiger partial charge in [0, 0.05) is 30.5 Å². The van der Waals surface area contributed by atoms with E-state index in [0.29, 0.717) is 12.3 Å². The molecule has 0 aromatic heterocycles. The molecule has 134 valence electrons. The van der Waals surface area contributed by atoms with Gasteiger partial charge in [0.2, 0.25) is 5.91 Å². The number of benzene rings is 1. The number of halogens is 1. The molecule has 1 N–H and O–H groups in total. The average Bonchev–Trinajstić information content (AvgIpc) is 2.93.